The lowest BCUT2D eigenvalue weighted by atomic mass is 9.86. The van der Waals surface area contributed by atoms with E-state index in [4.69, 9.17) is 4.74 Å². The van der Waals surface area contributed by atoms with Crippen molar-refractivity contribution in [3.8, 4) is 11.8 Å². The molecule has 4 rings (SSSR count). The molecule has 2 heterocycles. The number of hydrogen-bond acceptors (Lipinski definition) is 5. The molecule has 0 bridgehead atoms. The molecule has 6 heteroatoms. The van der Waals surface area contributed by atoms with Crippen LogP contribution in [-0.4, -0.2) is 41.4 Å². The molecule has 3 aliphatic rings. The van der Waals surface area contributed by atoms with Gasteiger partial charge in [0, 0.05) is 18.4 Å². The molecular weight excluding hydrogens is 346 g/mol. The van der Waals surface area contributed by atoms with Crippen LogP contribution in [0.1, 0.15) is 43.6 Å². The van der Waals surface area contributed by atoms with Gasteiger partial charge in [0.15, 0.2) is 0 Å². The second kappa shape index (κ2) is 7.34. The quantitative estimate of drug-likeness (QED) is 0.814. The lowest BCUT2D eigenvalue weighted by Gasteiger charge is -2.43. The number of fused-ring (bicyclic) bond motifs is 1. The van der Waals surface area contributed by atoms with E-state index in [1.165, 1.54) is 25.7 Å². The number of thioether (sulfide) groups is 1. The Bertz CT molecular complexity index is 780. The van der Waals surface area contributed by atoms with E-state index in [-0.39, 0.29) is 11.8 Å². The molecule has 2 fully saturated rings. The number of methoxy groups -OCH3 is 1. The molecule has 1 amide bonds. The monoisotopic (exact) mass is 369 g/mol. The summed E-state index contributed by atoms with van der Waals surface area (Å²) in [5.41, 5.74) is 1.69. The molecule has 0 spiro atoms. The smallest absolute Gasteiger partial charge is 0.229 e. The Morgan fingerprint density at radius 1 is 1.31 bits per heavy atom. The third-order valence-electron chi connectivity index (χ3n) is 5.65. The normalized spacial score (nSPS) is 24.5. The zero-order chi connectivity index (χ0) is 18.1. The Kier molecular flexibility index (Phi) is 4.92. The summed E-state index contributed by atoms with van der Waals surface area (Å²) in [7, 11) is 1.63. The van der Waals surface area contributed by atoms with Crippen molar-refractivity contribution in [2.24, 2.45) is 0 Å². The number of allylic oxidation sites excluding steroid dienone is 1. The predicted molar refractivity (Wildman–Crippen MR) is 101 cm³/mol. The predicted octanol–water partition coefficient (Wildman–Crippen LogP) is 3.65. The highest BCUT2D eigenvalue weighted by molar-refractivity contribution is 8.03. The Balaban J connectivity index is 1.64. The van der Waals surface area contributed by atoms with Gasteiger partial charge in [0.2, 0.25) is 5.91 Å². The van der Waals surface area contributed by atoms with E-state index in [1.54, 1.807) is 18.9 Å². The van der Waals surface area contributed by atoms with Crippen molar-refractivity contribution in [1.29, 1.82) is 5.26 Å². The maximum absolute atomic E-state index is 12.9. The van der Waals surface area contributed by atoms with E-state index < -0.39 is 0 Å². The van der Waals surface area contributed by atoms with Crippen LogP contribution in [0.4, 0.5) is 0 Å². The average molecular weight is 369 g/mol. The first-order valence-corrected chi connectivity index (χ1v) is 10.1. The van der Waals surface area contributed by atoms with Crippen molar-refractivity contribution in [3.63, 3.8) is 0 Å². The van der Waals surface area contributed by atoms with Crippen LogP contribution in [0.5, 0.6) is 5.75 Å². The third kappa shape index (κ3) is 3.10. The Morgan fingerprint density at radius 3 is 2.85 bits per heavy atom. The van der Waals surface area contributed by atoms with Gasteiger partial charge in [-0.25, -0.2) is 0 Å². The van der Waals surface area contributed by atoms with E-state index in [9.17, 15) is 10.1 Å². The van der Waals surface area contributed by atoms with Crippen LogP contribution in [0.15, 0.2) is 34.9 Å². The van der Waals surface area contributed by atoms with Crippen LogP contribution in [0.2, 0.25) is 0 Å². The summed E-state index contributed by atoms with van der Waals surface area (Å²) in [6.07, 6.45) is 5.35. The number of amides is 1. The van der Waals surface area contributed by atoms with Gasteiger partial charge in [-0.05, 0) is 30.5 Å². The summed E-state index contributed by atoms with van der Waals surface area (Å²) < 4.78 is 5.31. The second-order valence-corrected chi connectivity index (χ2v) is 8.06. The highest BCUT2D eigenvalue weighted by Gasteiger charge is 2.39. The molecule has 2 aliphatic heterocycles. The molecule has 0 aromatic heterocycles. The van der Waals surface area contributed by atoms with Crippen molar-refractivity contribution < 1.29 is 9.53 Å². The van der Waals surface area contributed by atoms with Crippen molar-refractivity contribution in [2.45, 2.75) is 44.1 Å². The Hall–Kier alpha value is -1.97. The summed E-state index contributed by atoms with van der Waals surface area (Å²) in [6.45, 7) is 0.627. The first-order chi connectivity index (χ1) is 12.7. The van der Waals surface area contributed by atoms with Crippen molar-refractivity contribution >= 4 is 17.7 Å². The van der Waals surface area contributed by atoms with Gasteiger partial charge in [0.25, 0.3) is 0 Å². The van der Waals surface area contributed by atoms with E-state index >= 15 is 0 Å². The fraction of sp³-hybridized carbons (Fsp3) is 0.500. The molecular formula is C20H23N3O2S. The van der Waals surface area contributed by atoms with Gasteiger partial charge in [-0.1, -0.05) is 36.7 Å². The number of hydrogen-bond donors (Lipinski definition) is 0. The maximum Gasteiger partial charge on any atom is 0.229 e. The fourth-order valence-electron chi connectivity index (χ4n) is 4.22. The van der Waals surface area contributed by atoms with Crippen LogP contribution in [-0.2, 0) is 4.79 Å². The number of rotatable bonds is 3. The molecule has 26 heavy (non-hydrogen) atoms. The molecule has 1 saturated heterocycles. The zero-order valence-corrected chi connectivity index (χ0v) is 15.8. The molecule has 1 aromatic rings. The molecule has 1 aromatic carbocycles. The molecule has 1 aliphatic carbocycles. The molecule has 1 atom stereocenters. The molecule has 0 N–H and O–H groups in total. The van der Waals surface area contributed by atoms with Gasteiger partial charge in [-0.3, -0.25) is 14.6 Å². The molecule has 1 saturated carbocycles. The topological polar surface area (TPSA) is 56.6 Å². The minimum absolute atomic E-state index is 0.113. The van der Waals surface area contributed by atoms with E-state index in [1.807, 2.05) is 29.2 Å². The first kappa shape index (κ1) is 17.4. The third-order valence-corrected chi connectivity index (χ3v) is 6.83. The van der Waals surface area contributed by atoms with Gasteiger partial charge < -0.3 is 4.74 Å². The molecule has 5 nitrogen and oxygen atoms in total. The summed E-state index contributed by atoms with van der Waals surface area (Å²) in [6, 6.07) is 10.7. The zero-order valence-electron chi connectivity index (χ0n) is 15.0. The van der Waals surface area contributed by atoms with Gasteiger partial charge >= 0.3 is 0 Å². The minimum atomic E-state index is -0.181. The van der Waals surface area contributed by atoms with E-state index in [0.717, 1.165) is 22.2 Å². The summed E-state index contributed by atoms with van der Waals surface area (Å²) in [5, 5.41) is 10.7. The lowest BCUT2D eigenvalue weighted by Crippen LogP contribution is -2.50. The number of ether oxygens (including phenoxy) is 1. The number of nitriles is 1. The summed E-state index contributed by atoms with van der Waals surface area (Å²) >= 11 is 1.64. The average Bonchev–Trinajstić information content (AvgIpc) is 3.22. The van der Waals surface area contributed by atoms with Gasteiger partial charge in [-0.2, -0.15) is 5.26 Å². The Morgan fingerprint density at radius 2 is 2.12 bits per heavy atom. The fourth-order valence-corrected chi connectivity index (χ4v) is 5.46. The minimum Gasteiger partial charge on any atom is -0.497 e. The highest BCUT2D eigenvalue weighted by atomic mass is 32.2. The largest absolute Gasteiger partial charge is 0.497 e. The summed E-state index contributed by atoms with van der Waals surface area (Å²) in [4.78, 5) is 17.1. The van der Waals surface area contributed by atoms with Crippen LogP contribution in [0.3, 0.4) is 0 Å². The van der Waals surface area contributed by atoms with E-state index in [0.29, 0.717) is 24.7 Å². The van der Waals surface area contributed by atoms with Crippen LogP contribution < -0.4 is 4.74 Å². The van der Waals surface area contributed by atoms with Crippen molar-refractivity contribution in [2.75, 3.05) is 19.7 Å². The SMILES string of the molecule is COc1cccc([C@@H]2CC(=O)N3CN(C4CCCC4)CSC3=C2C#N)c1. The van der Waals surface area contributed by atoms with Gasteiger partial charge in [-0.15, -0.1) is 0 Å². The lowest BCUT2D eigenvalue weighted by molar-refractivity contribution is -0.132. The highest BCUT2D eigenvalue weighted by Crippen LogP contribution is 2.44. The second-order valence-electron chi connectivity index (χ2n) is 7.13. The molecule has 0 radical (unpaired) electrons. The van der Waals surface area contributed by atoms with Gasteiger partial charge in [0.05, 0.1) is 36.3 Å². The number of carbonyl (C=O) groups is 1. The van der Waals surface area contributed by atoms with Crippen molar-refractivity contribution in [1.82, 2.24) is 9.80 Å². The Labute approximate surface area is 158 Å². The number of nitrogens with zero attached hydrogens (tertiary/aromatic N) is 3. The standard InChI is InChI=1S/C20H23N3O2S/c1-25-16-8-4-5-14(9-16)17-10-19(24)23-12-22(15-6-2-3-7-15)13-26-20(23)18(17)11-21/h4-5,8-9,15,17H,2-3,6-7,10,12-13H2,1H3/t17-/m0/s1. The van der Waals surface area contributed by atoms with Gasteiger partial charge in [0.1, 0.15) is 5.75 Å². The molecule has 136 valence electrons. The number of benzene rings is 1. The summed E-state index contributed by atoms with van der Waals surface area (Å²) in [5.74, 6) is 1.55. The van der Waals surface area contributed by atoms with Crippen LogP contribution >= 0.6 is 11.8 Å². The van der Waals surface area contributed by atoms with Crippen LogP contribution in [0, 0.1) is 11.3 Å². The van der Waals surface area contributed by atoms with Crippen molar-refractivity contribution in [3.05, 3.63) is 40.4 Å². The van der Waals surface area contributed by atoms with Crippen LogP contribution in [0.25, 0.3) is 0 Å². The van der Waals surface area contributed by atoms with E-state index in [2.05, 4.69) is 11.0 Å². The molecule has 0 unspecified atom stereocenters. The first-order valence-electron chi connectivity index (χ1n) is 9.16. The number of carbonyl (C=O) groups excluding carboxylic acids is 1. The maximum atomic E-state index is 12.9.